The Morgan fingerprint density at radius 3 is 2.67 bits per heavy atom. The highest BCUT2D eigenvalue weighted by molar-refractivity contribution is 5.98. The van der Waals surface area contributed by atoms with Gasteiger partial charge in [0, 0.05) is 24.2 Å². The summed E-state index contributed by atoms with van der Waals surface area (Å²) in [4.78, 5) is 24.9. The molecule has 0 aromatic heterocycles. The molecule has 5 aliphatic carbocycles. The van der Waals surface area contributed by atoms with Crippen LogP contribution in [-0.4, -0.2) is 11.6 Å². The Kier molecular flexibility index (Phi) is 1.47. The molecule has 0 radical (unpaired) electrons. The Morgan fingerprint density at radius 1 is 1.22 bits per heavy atom. The van der Waals surface area contributed by atoms with E-state index in [1.807, 2.05) is 6.08 Å². The zero-order valence-electron chi connectivity index (χ0n) is 10.5. The second kappa shape index (κ2) is 2.66. The van der Waals surface area contributed by atoms with Gasteiger partial charge in [-0.2, -0.15) is 0 Å². The van der Waals surface area contributed by atoms with Crippen LogP contribution in [-0.2, 0) is 9.59 Å². The van der Waals surface area contributed by atoms with Crippen LogP contribution in [0.25, 0.3) is 0 Å². The van der Waals surface area contributed by atoms with E-state index in [0.717, 1.165) is 12.8 Å². The fraction of sp³-hybridized carbons (Fsp3) is 0.750. The first-order chi connectivity index (χ1) is 8.70. The fourth-order valence-electron chi connectivity index (χ4n) is 6.84. The first kappa shape index (κ1) is 9.94. The van der Waals surface area contributed by atoms with Crippen molar-refractivity contribution >= 4 is 11.6 Å². The third-order valence-corrected chi connectivity index (χ3v) is 7.07. The van der Waals surface area contributed by atoms with E-state index in [1.54, 1.807) is 0 Å². The lowest BCUT2D eigenvalue weighted by molar-refractivity contribution is -0.131. The molecule has 2 nitrogen and oxygen atoms in total. The molecule has 18 heavy (non-hydrogen) atoms. The highest BCUT2D eigenvalue weighted by Gasteiger charge is 2.83. The highest BCUT2D eigenvalue weighted by atomic mass is 16.1. The summed E-state index contributed by atoms with van der Waals surface area (Å²) >= 11 is 0. The first-order valence-corrected chi connectivity index (χ1v) is 7.38. The van der Waals surface area contributed by atoms with Crippen LogP contribution in [0.1, 0.15) is 25.7 Å². The topological polar surface area (TPSA) is 34.1 Å². The van der Waals surface area contributed by atoms with Gasteiger partial charge in [0.15, 0.2) is 0 Å². The molecule has 7 atom stereocenters. The van der Waals surface area contributed by atoms with Gasteiger partial charge in [0.25, 0.3) is 0 Å². The molecule has 0 aromatic rings. The Morgan fingerprint density at radius 2 is 2.00 bits per heavy atom. The smallest absolute Gasteiger partial charge is 0.140 e. The summed E-state index contributed by atoms with van der Waals surface area (Å²) in [6.45, 7) is 3.82. The zero-order valence-corrected chi connectivity index (χ0v) is 10.5. The number of fused-ring (bicyclic) bond motifs is 2. The van der Waals surface area contributed by atoms with Crippen LogP contribution in [0, 0.1) is 46.8 Å². The van der Waals surface area contributed by atoms with E-state index in [0.29, 0.717) is 40.7 Å². The molecule has 5 rings (SSSR count). The van der Waals surface area contributed by atoms with Crippen LogP contribution >= 0.6 is 0 Å². The lowest BCUT2D eigenvalue weighted by Gasteiger charge is -2.25. The van der Waals surface area contributed by atoms with Crippen LogP contribution < -0.4 is 0 Å². The lowest BCUT2D eigenvalue weighted by Crippen LogP contribution is -2.26. The number of rotatable bonds is 2. The third kappa shape index (κ3) is 0.751. The first-order valence-electron chi connectivity index (χ1n) is 7.38. The van der Waals surface area contributed by atoms with Crippen LogP contribution in [0.3, 0.4) is 0 Å². The number of hydrogen-bond acceptors (Lipinski definition) is 2. The lowest BCUT2D eigenvalue weighted by atomic mass is 9.78. The molecule has 0 unspecified atom stereocenters. The molecule has 0 aromatic carbocycles. The van der Waals surface area contributed by atoms with Gasteiger partial charge in [0.05, 0.1) is 0 Å². The number of carbonyl (C=O) groups excluding carboxylic acids is 2. The maximum absolute atomic E-state index is 12.7. The molecule has 5 saturated carbocycles. The Bertz CT molecular complexity index is 501. The molecule has 0 heterocycles. The number of allylic oxidation sites excluding steroid dienone is 1. The van der Waals surface area contributed by atoms with E-state index in [-0.39, 0.29) is 17.8 Å². The quantitative estimate of drug-likeness (QED) is 0.696. The van der Waals surface area contributed by atoms with Crippen molar-refractivity contribution in [2.24, 2.45) is 46.8 Å². The summed E-state index contributed by atoms with van der Waals surface area (Å²) in [6.07, 6.45) is 6.13. The molecule has 0 N–H and O–H groups in total. The summed E-state index contributed by atoms with van der Waals surface area (Å²) in [5.74, 6) is 3.61. The molecule has 2 bridgehead atoms. The van der Waals surface area contributed by atoms with E-state index in [4.69, 9.17) is 0 Å². The zero-order chi connectivity index (χ0) is 12.2. The highest BCUT2D eigenvalue weighted by Crippen LogP contribution is 2.84. The minimum Gasteiger partial charge on any atom is -0.299 e. The standard InChI is InChI=1S/C16H18O2/c1-2-3-7-10-8-6-9(17)11-12(15(7)18)14(10)16(4-5-16)13(8)11/h2,7-8,10-14H,1,3-6H2/t7-,8-,10+,11-,12-,13+,14-/m0/s1. The van der Waals surface area contributed by atoms with Gasteiger partial charge in [-0.25, -0.2) is 0 Å². The van der Waals surface area contributed by atoms with Crippen molar-refractivity contribution in [1.82, 2.24) is 0 Å². The molecule has 0 saturated heterocycles. The summed E-state index contributed by atoms with van der Waals surface area (Å²) < 4.78 is 0. The van der Waals surface area contributed by atoms with Crippen LogP contribution in [0.2, 0.25) is 0 Å². The van der Waals surface area contributed by atoms with Crippen molar-refractivity contribution < 1.29 is 9.59 Å². The molecule has 5 aliphatic rings. The largest absolute Gasteiger partial charge is 0.299 e. The average molecular weight is 242 g/mol. The van der Waals surface area contributed by atoms with Crippen molar-refractivity contribution in [1.29, 1.82) is 0 Å². The molecule has 94 valence electrons. The summed E-state index contributed by atoms with van der Waals surface area (Å²) in [5, 5.41) is 0. The number of carbonyl (C=O) groups is 2. The van der Waals surface area contributed by atoms with Crippen LogP contribution in [0.4, 0.5) is 0 Å². The van der Waals surface area contributed by atoms with E-state index in [9.17, 15) is 9.59 Å². The monoisotopic (exact) mass is 242 g/mol. The number of ketones is 2. The van der Waals surface area contributed by atoms with E-state index in [2.05, 4.69) is 6.58 Å². The van der Waals surface area contributed by atoms with Gasteiger partial charge >= 0.3 is 0 Å². The van der Waals surface area contributed by atoms with Gasteiger partial charge in [-0.3, -0.25) is 9.59 Å². The van der Waals surface area contributed by atoms with Crippen LogP contribution in [0.15, 0.2) is 12.7 Å². The summed E-state index contributed by atoms with van der Waals surface area (Å²) in [7, 11) is 0. The molecule has 5 fully saturated rings. The van der Waals surface area contributed by atoms with Crippen molar-refractivity contribution in [3.8, 4) is 0 Å². The Balaban J connectivity index is 1.70. The van der Waals surface area contributed by atoms with Crippen LogP contribution in [0.5, 0.6) is 0 Å². The molecular formula is C16H18O2. The van der Waals surface area contributed by atoms with Gasteiger partial charge in [-0.05, 0) is 48.3 Å². The molecule has 2 heteroatoms. The Hall–Kier alpha value is -0.920. The van der Waals surface area contributed by atoms with Gasteiger partial charge < -0.3 is 0 Å². The number of Topliss-reactive ketones (excluding diaryl/α,β-unsaturated/α-hetero) is 2. The predicted octanol–water partition coefficient (Wildman–Crippen LogP) is 2.24. The minimum atomic E-state index is 0.124. The SMILES string of the molecule is C=CC[C@@H]1C(=O)[C@H]2[C@@H]3C(=O)C[C@H]4[C@@H]1[C@@H]2C1(CC1)[C@H]43. The third-order valence-electron chi connectivity index (χ3n) is 7.07. The maximum atomic E-state index is 12.7. The maximum Gasteiger partial charge on any atom is 0.140 e. The minimum absolute atomic E-state index is 0.124. The Labute approximate surface area is 107 Å². The molecular weight excluding hydrogens is 224 g/mol. The molecule has 1 spiro atoms. The van der Waals surface area contributed by atoms with E-state index < -0.39 is 0 Å². The van der Waals surface area contributed by atoms with Gasteiger partial charge in [0.2, 0.25) is 0 Å². The predicted molar refractivity (Wildman–Crippen MR) is 65.5 cm³/mol. The molecule has 0 amide bonds. The van der Waals surface area contributed by atoms with Gasteiger partial charge in [-0.1, -0.05) is 6.08 Å². The van der Waals surface area contributed by atoms with E-state index in [1.165, 1.54) is 12.8 Å². The molecule has 0 aliphatic heterocycles. The van der Waals surface area contributed by atoms with Crippen molar-refractivity contribution in [3.05, 3.63) is 12.7 Å². The number of hydrogen-bond donors (Lipinski definition) is 0. The fourth-order valence-corrected chi connectivity index (χ4v) is 6.84. The van der Waals surface area contributed by atoms with Gasteiger partial charge in [-0.15, -0.1) is 6.58 Å². The van der Waals surface area contributed by atoms with Crippen molar-refractivity contribution in [2.75, 3.05) is 0 Å². The van der Waals surface area contributed by atoms with Crippen molar-refractivity contribution in [3.63, 3.8) is 0 Å². The summed E-state index contributed by atoms with van der Waals surface area (Å²) in [6, 6.07) is 0. The van der Waals surface area contributed by atoms with E-state index >= 15 is 0 Å². The second-order valence-corrected chi connectivity index (χ2v) is 7.28. The van der Waals surface area contributed by atoms with Gasteiger partial charge in [0.1, 0.15) is 11.6 Å². The normalized spacial score (nSPS) is 56.8. The van der Waals surface area contributed by atoms with Crippen molar-refractivity contribution in [2.45, 2.75) is 25.7 Å². The average Bonchev–Trinajstić information content (AvgIpc) is 2.89. The second-order valence-electron chi connectivity index (χ2n) is 7.28. The summed E-state index contributed by atoms with van der Waals surface area (Å²) in [5.41, 5.74) is 0.447.